The Labute approximate surface area is 302 Å². The van der Waals surface area contributed by atoms with Crippen LogP contribution in [0.25, 0.3) is 0 Å². The lowest BCUT2D eigenvalue weighted by Crippen LogP contribution is -2.61. The van der Waals surface area contributed by atoms with E-state index in [1.54, 1.807) is 7.11 Å². The first-order valence-corrected chi connectivity index (χ1v) is 20.1. The zero-order valence-electron chi connectivity index (χ0n) is 30.5. The fraction of sp³-hybridized carbons (Fsp3) is 0.875. The molecule has 10 saturated heterocycles. The monoisotopic (exact) mass is 713 g/mol. The average molecular weight is 714 g/mol. The number of fused-ring (bicyclic) bond motifs is 6. The second-order valence-corrected chi connectivity index (χ2v) is 17.2. The molecule has 284 valence electrons. The van der Waals surface area contributed by atoms with E-state index >= 15 is 0 Å². The summed E-state index contributed by atoms with van der Waals surface area (Å²) in [4.78, 5) is 14.0. The van der Waals surface area contributed by atoms with Crippen LogP contribution < -0.4 is 5.73 Å². The van der Waals surface area contributed by atoms with Crippen molar-refractivity contribution in [1.82, 2.24) is 0 Å². The Balaban J connectivity index is 0.991. The zero-order valence-corrected chi connectivity index (χ0v) is 30.5. The van der Waals surface area contributed by atoms with E-state index in [0.29, 0.717) is 44.6 Å². The number of carbonyl (C=O) groups is 1. The molecule has 12 bridgehead atoms. The highest BCUT2D eigenvalue weighted by Gasteiger charge is 2.68. The van der Waals surface area contributed by atoms with Gasteiger partial charge in [-0.1, -0.05) is 20.1 Å². The Hall–Kier alpha value is -1.25. The Kier molecular flexibility index (Phi) is 9.81. The predicted octanol–water partition coefficient (Wildman–Crippen LogP) is 4.47. The average Bonchev–Trinajstić information content (AvgIpc) is 3.79. The Bertz CT molecular complexity index is 1340. The molecule has 11 nitrogen and oxygen atoms in total. The second kappa shape index (κ2) is 14.1. The molecule has 0 saturated carbocycles. The summed E-state index contributed by atoms with van der Waals surface area (Å²) in [5.74, 6) is -0.367. The van der Waals surface area contributed by atoms with Crippen molar-refractivity contribution in [3.63, 3.8) is 0 Å². The topological polar surface area (TPSA) is 126 Å². The molecule has 2 N–H and O–H groups in total. The summed E-state index contributed by atoms with van der Waals surface area (Å²) in [6, 6.07) is 0. The smallest absolute Gasteiger partial charge is 0.172 e. The first-order valence-electron chi connectivity index (χ1n) is 20.1. The highest BCUT2D eigenvalue weighted by Crippen LogP contribution is 2.54. The molecule has 0 aromatic rings. The van der Waals surface area contributed by atoms with Gasteiger partial charge >= 0.3 is 0 Å². The van der Waals surface area contributed by atoms with Crippen LogP contribution in [0.1, 0.15) is 96.8 Å². The molecule has 18 atom stereocenters. The highest BCUT2D eigenvalue weighted by molar-refractivity contribution is 5.79. The number of hydrogen-bond donors (Lipinski definition) is 1. The van der Waals surface area contributed by atoms with Gasteiger partial charge < -0.3 is 48.4 Å². The van der Waals surface area contributed by atoms with Gasteiger partial charge in [-0.25, -0.2) is 0 Å². The molecule has 0 radical (unpaired) electrons. The van der Waals surface area contributed by atoms with Gasteiger partial charge in [0, 0.05) is 45.1 Å². The van der Waals surface area contributed by atoms with Gasteiger partial charge in [-0.15, -0.1) is 0 Å². The van der Waals surface area contributed by atoms with E-state index in [0.717, 1.165) is 68.9 Å². The van der Waals surface area contributed by atoms with Crippen LogP contribution in [-0.4, -0.2) is 117 Å². The Morgan fingerprint density at radius 2 is 1.53 bits per heavy atom. The largest absolute Gasteiger partial charge is 0.378 e. The number of ether oxygens (including phenoxy) is 9. The van der Waals surface area contributed by atoms with Gasteiger partial charge in [-0.2, -0.15) is 0 Å². The van der Waals surface area contributed by atoms with E-state index in [4.69, 9.17) is 48.4 Å². The summed E-state index contributed by atoms with van der Waals surface area (Å²) in [6.45, 7) is 11.8. The quantitative estimate of drug-likeness (QED) is 0.415. The van der Waals surface area contributed by atoms with Crippen LogP contribution in [0.15, 0.2) is 24.3 Å². The van der Waals surface area contributed by atoms with E-state index < -0.39 is 5.79 Å². The lowest BCUT2D eigenvalue weighted by atomic mass is 9.81. The second-order valence-electron chi connectivity index (χ2n) is 17.2. The molecule has 0 amide bonds. The maximum absolute atomic E-state index is 14.0. The lowest BCUT2D eigenvalue weighted by Gasteiger charge is -2.47. The Morgan fingerprint density at radius 1 is 0.765 bits per heavy atom. The van der Waals surface area contributed by atoms with E-state index in [1.807, 2.05) is 0 Å². The van der Waals surface area contributed by atoms with Crippen molar-refractivity contribution < 1.29 is 47.4 Å². The molecule has 51 heavy (non-hydrogen) atoms. The van der Waals surface area contributed by atoms with Crippen molar-refractivity contribution in [2.75, 3.05) is 13.7 Å². The van der Waals surface area contributed by atoms with Gasteiger partial charge in [0.05, 0.1) is 61.0 Å². The van der Waals surface area contributed by atoms with Gasteiger partial charge in [-0.05, 0) is 81.4 Å². The minimum absolute atomic E-state index is 0.0107. The van der Waals surface area contributed by atoms with Crippen LogP contribution in [0, 0.1) is 11.8 Å². The van der Waals surface area contributed by atoms with Crippen LogP contribution in [0.4, 0.5) is 0 Å². The third kappa shape index (κ3) is 6.53. The summed E-state index contributed by atoms with van der Waals surface area (Å²) in [7, 11) is 1.74. The number of methoxy groups -OCH3 is 1. The van der Waals surface area contributed by atoms with Crippen molar-refractivity contribution in [3.8, 4) is 0 Å². The summed E-state index contributed by atoms with van der Waals surface area (Å²) >= 11 is 0. The van der Waals surface area contributed by atoms with Gasteiger partial charge in [0.1, 0.15) is 36.3 Å². The third-order valence-electron chi connectivity index (χ3n) is 13.9. The summed E-state index contributed by atoms with van der Waals surface area (Å²) < 4.78 is 60.3. The number of nitrogens with two attached hydrogens (primary N) is 1. The van der Waals surface area contributed by atoms with E-state index in [9.17, 15) is 4.79 Å². The van der Waals surface area contributed by atoms with Crippen LogP contribution >= 0.6 is 0 Å². The minimum atomic E-state index is -0.760. The van der Waals surface area contributed by atoms with Crippen LogP contribution in [-0.2, 0) is 47.4 Å². The maximum Gasteiger partial charge on any atom is 0.172 e. The molecule has 1 spiro atoms. The number of Topliss-reactive ketones (excluding diaryl/α,β-unsaturated/α-hetero) is 1. The first kappa shape index (κ1) is 35.5. The molecule has 11 heteroatoms. The molecule has 0 aromatic heterocycles. The summed E-state index contributed by atoms with van der Waals surface area (Å²) in [5.41, 5.74) is 8.19. The Morgan fingerprint density at radius 3 is 2.37 bits per heavy atom. The first-order chi connectivity index (χ1) is 24.7. The fourth-order valence-electron chi connectivity index (χ4n) is 11.3. The zero-order chi connectivity index (χ0) is 35.0. The van der Waals surface area contributed by atoms with Gasteiger partial charge in [0.2, 0.25) is 0 Å². The van der Waals surface area contributed by atoms with E-state index in [2.05, 4.69) is 20.1 Å². The predicted molar refractivity (Wildman–Crippen MR) is 185 cm³/mol. The molecular weight excluding hydrogens is 654 g/mol. The molecule has 10 aliphatic heterocycles. The van der Waals surface area contributed by atoms with Crippen molar-refractivity contribution in [2.45, 2.75) is 194 Å². The molecule has 12 unspecified atom stereocenters. The van der Waals surface area contributed by atoms with Crippen LogP contribution in [0.3, 0.4) is 0 Å². The van der Waals surface area contributed by atoms with Crippen molar-refractivity contribution in [1.29, 1.82) is 0 Å². The molecule has 10 heterocycles. The molecule has 10 rings (SSSR count). The van der Waals surface area contributed by atoms with Crippen molar-refractivity contribution in [3.05, 3.63) is 24.3 Å². The minimum Gasteiger partial charge on any atom is -0.378 e. The SMILES string of the molecule is C=C1C(C)CC2CC[C@@H]3O[C@@H](CCC45CC6OC7C(O4)[C@H]4OC(CCC4O[C@H]7C6O5)CC(=O)CC4[C@@H](OC)C(CCCN)O[C@H]4CC1O2)CC3=C. The lowest BCUT2D eigenvalue weighted by molar-refractivity contribution is -0.292. The van der Waals surface area contributed by atoms with Gasteiger partial charge in [0.15, 0.2) is 5.79 Å². The van der Waals surface area contributed by atoms with Gasteiger partial charge in [-0.3, -0.25) is 4.79 Å². The molecule has 10 fully saturated rings. The number of rotatable bonds is 4. The summed E-state index contributed by atoms with van der Waals surface area (Å²) in [5, 5.41) is 0. The van der Waals surface area contributed by atoms with Crippen molar-refractivity contribution >= 4 is 5.78 Å². The molecule has 0 aromatic carbocycles. The summed E-state index contributed by atoms with van der Waals surface area (Å²) in [6.07, 6.45) is 8.28. The molecule has 10 aliphatic rings. The van der Waals surface area contributed by atoms with Crippen LogP contribution in [0.5, 0.6) is 0 Å². The number of carbonyl (C=O) groups excluding carboxylic acids is 1. The normalized spacial score (nSPS) is 52.5. The highest BCUT2D eigenvalue weighted by atomic mass is 16.8. The molecular formula is C40H59NO10. The van der Waals surface area contributed by atoms with Crippen molar-refractivity contribution in [2.24, 2.45) is 17.6 Å². The maximum atomic E-state index is 14.0. The van der Waals surface area contributed by atoms with E-state index in [-0.39, 0.29) is 103 Å². The van der Waals surface area contributed by atoms with E-state index in [1.165, 1.54) is 0 Å². The number of hydrogen-bond acceptors (Lipinski definition) is 11. The molecule has 0 aliphatic carbocycles. The fourth-order valence-corrected chi connectivity index (χ4v) is 11.3. The third-order valence-corrected chi connectivity index (χ3v) is 13.9. The number of ketones is 1. The standard InChI is InChI=1S/C40H59NO10/c1-20-14-24-7-9-28-21(2)15-26(44-28)11-12-40-19-33-36(50-40)37-38(49-33)39(51-40)35-30(48-37)10-8-25(46-35)16-23(42)17-27-32(18-31(45-24)22(20)3)47-29(6-5-13-41)34(27)43-4/h20,24-39H,2-3,5-19,41H2,1,4H3/t20?,24?,25?,26-,27?,28-,29?,30?,31?,32-,33?,34+,35-,36?,37-,38?,39?,40?/m0/s1. The van der Waals surface area contributed by atoms with Crippen LogP contribution in [0.2, 0.25) is 0 Å². The van der Waals surface area contributed by atoms with Gasteiger partial charge in [0.25, 0.3) is 0 Å².